The van der Waals surface area contributed by atoms with E-state index in [1.807, 2.05) is 13.2 Å². The highest BCUT2D eigenvalue weighted by Crippen LogP contribution is 2.34. The number of nitrogens with zero attached hydrogens (tertiary/aromatic N) is 3. The van der Waals surface area contributed by atoms with Gasteiger partial charge in [-0.25, -0.2) is 0 Å². The van der Waals surface area contributed by atoms with Gasteiger partial charge in [0.1, 0.15) is 0 Å². The molecule has 0 saturated heterocycles. The van der Waals surface area contributed by atoms with Crippen LogP contribution in [0, 0.1) is 0 Å². The molecule has 0 fully saturated rings. The van der Waals surface area contributed by atoms with Crippen LogP contribution in [0.5, 0.6) is 0 Å². The topological polar surface area (TPSA) is 50.6 Å². The second kappa shape index (κ2) is 5.39. The Morgan fingerprint density at radius 2 is 1.50 bits per heavy atom. The van der Waals surface area contributed by atoms with Gasteiger partial charge in [0.2, 0.25) is 0 Å². The summed E-state index contributed by atoms with van der Waals surface area (Å²) in [6.07, 6.45) is 1.88. The molecule has 2 N–H and O–H groups in total. The van der Waals surface area contributed by atoms with E-state index in [4.69, 9.17) is 0 Å². The maximum absolute atomic E-state index is 4.17. The van der Waals surface area contributed by atoms with Gasteiger partial charge >= 0.3 is 0 Å². The molecule has 3 aromatic carbocycles. The van der Waals surface area contributed by atoms with E-state index in [0.29, 0.717) is 0 Å². The molecule has 3 heterocycles. The fourth-order valence-electron chi connectivity index (χ4n) is 4.45. The summed E-state index contributed by atoms with van der Waals surface area (Å²) in [5, 5.41) is 11.0. The Morgan fingerprint density at radius 1 is 0.786 bits per heavy atom. The number of nitrogens with one attached hydrogen (secondary N) is 2. The predicted molar refractivity (Wildman–Crippen MR) is 116 cm³/mol. The molecule has 0 bridgehead atoms. The minimum absolute atomic E-state index is 1.09. The van der Waals surface area contributed by atoms with Crippen LogP contribution in [0.2, 0.25) is 0 Å². The first kappa shape index (κ1) is 15.3. The summed E-state index contributed by atoms with van der Waals surface area (Å²) in [5.41, 5.74) is 11.5. The van der Waals surface area contributed by atoms with Crippen molar-refractivity contribution in [3.05, 3.63) is 66.9 Å². The predicted octanol–water partition coefficient (Wildman–Crippen LogP) is 5.00. The van der Waals surface area contributed by atoms with Gasteiger partial charge in [0.05, 0.1) is 33.8 Å². The molecule has 0 saturated carbocycles. The van der Waals surface area contributed by atoms with Crippen LogP contribution >= 0.6 is 0 Å². The summed E-state index contributed by atoms with van der Waals surface area (Å²) < 4.78 is 4.35. The Balaban J connectivity index is 1.61. The van der Waals surface area contributed by atoms with E-state index >= 15 is 0 Å². The van der Waals surface area contributed by atoms with Crippen molar-refractivity contribution in [3.63, 3.8) is 0 Å². The third-order valence-corrected chi connectivity index (χ3v) is 5.84. The number of fused-ring (bicyclic) bond motifs is 6. The van der Waals surface area contributed by atoms with Crippen LogP contribution in [0.1, 0.15) is 0 Å². The molecule has 0 radical (unpaired) electrons. The van der Waals surface area contributed by atoms with E-state index in [0.717, 1.165) is 11.0 Å². The second-order valence-corrected chi connectivity index (χ2v) is 7.23. The Labute approximate surface area is 161 Å². The SMILES string of the molecule is CNn1c2ccccc2c2ccc(-c3ccc4c5[nH]ncc5n(C)c4c3)cc21. The van der Waals surface area contributed by atoms with Crippen LogP contribution in [0.15, 0.2) is 66.9 Å². The summed E-state index contributed by atoms with van der Waals surface area (Å²) in [6.45, 7) is 0. The van der Waals surface area contributed by atoms with E-state index in [9.17, 15) is 0 Å². The summed E-state index contributed by atoms with van der Waals surface area (Å²) >= 11 is 0. The third-order valence-electron chi connectivity index (χ3n) is 5.84. The van der Waals surface area contributed by atoms with Gasteiger partial charge in [-0.3, -0.25) is 9.77 Å². The molecule has 6 aromatic rings. The lowest BCUT2D eigenvalue weighted by Gasteiger charge is -2.08. The molecule has 0 unspecified atom stereocenters. The molecule has 5 heteroatoms. The van der Waals surface area contributed by atoms with Gasteiger partial charge in [-0.15, -0.1) is 0 Å². The van der Waals surface area contributed by atoms with Gasteiger partial charge < -0.3 is 9.99 Å². The van der Waals surface area contributed by atoms with Crippen LogP contribution in [0.3, 0.4) is 0 Å². The van der Waals surface area contributed by atoms with Gasteiger partial charge in [0, 0.05) is 30.3 Å². The molecule has 0 aliphatic carbocycles. The molecule has 3 aromatic heterocycles. The number of H-pyrrole nitrogens is 1. The number of para-hydroxylation sites is 1. The molecule has 0 spiro atoms. The van der Waals surface area contributed by atoms with E-state index in [1.165, 1.54) is 43.8 Å². The van der Waals surface area contributed by atoms with Crippen LogP contribution < -0.4 is 5.43 Å². The summed E-state index contributed by atoms with van der Waals surface area (Å²) in [6, 6.07) is 21.8. The molecule has 0 aliphatic rings. The number of hydrogen-bond acceptors (Lipinski definition) is 2. The number of rotatable bonds is 2. The van der Waals surface area contributed by atoms with Crippen molar-refractivity contribution in [2.45, 2.75) is 0 Å². The zero-order chi connectivity index (χ0) is 18.8. The molecule has 5 nitrogen and oxygen atoms in total. The first-order chi connectivity index (χ1) is 13.8. The highest BCUT2D eigenvalue weighted by Gasteiger charge is 2.13. The number of hydrogen-bond donors (Lipinski definition) is 2. The van der Waals surface area contributed by atoms with Crippen molar-refractivity contribution in [2.75, 3.05) is 12.5 Å². The molecular formula is C23H19N5. The normalized spacial score (nSPS) is 11.9. The Kier molecular flexibility index (Phi) is 2.95. The summed E-state index contributed by atoms with van der Waals surface area (Å²) in [5.74, 6) is 0. The minimum atomic E-state index is 1.09. The Morgan fingerprint density at radius 3 is 2.32 bits per heavy atom. The molecule has 28 heavy (non-hydrogen) atoms. The fourth-order valence-corrected chi connectivity index (χ4v) is 4.45. The lowest BCUT2D eigenvalue weighted by molar-refractivity contribution is 1.01. The highest BCUT2D eigenvalue weighted by molar-refractivity contribution is 6.10. The summed E-state index contributed by atoms with van der Waals surface area (Å²) in [4.78, 5) is 0. The average molecular weight is 365 g/mol. The Hall–Kier alpha value is -3.73. The van der Waals surface area contributed by atoms with Crippen LogP contribution in [-0.4, -0.2) is 26.5 Å². The Bertz CT molecular complexity index is 1510. The van der Waals surface area contributed by atoms with Crippen LogP contribution in [0.25, 0.3) is 54.9 Å². The molecule has 136 valence electrons. The molecular weight excluding hydrogens is 346 g/mol. The van der Waals surface area contributed by atoms with E-state index in [1.54, 1.807) is 0 Å². The van der Waals surface area contributed by atoms with Crippen molar-refractivity contribution in [1.29, 1.82) is 0 Å². The number of benzene rings is 3. The molecule has 0 aliphatic heterocycles. The van der Waals surface area contributed by atoms with Crippen molar-refractivity contribution in [3.8, 4) is 11.1 Å². The lowest BCUT2D eigenvalue weighted by atomic mass is 10.0. The summed E-state index contributed by atoms with van der Waals surface area (Å²) in [7, 11) is 4.05. The van der Waals surface area contributed by atoms with E-state index < -0.39 is 0 Å². The fraction of sp³-hybridized carbons (Fsp3) is 0.0870. The van der Waals surface area contributed by atoms with Gasteiger partial charge in [0.25, 0.3) is 0 Å². The number of aryl methyl sites for hydroxylation is 1. The van der Waals surface area contributed by atoms with Gasteiger partial charge in [-0.1, -0.05) is 42.5 Å². The lowest BCUT2D eigenvalue weighted by Crippen LogP contribution is -2.07. The molecule has 6 rings (SSSR count). The quantitative estimate of drug-likeness (QED) is 0.453. The average Bonchev–Trinajstić information content (AvgIpc) is 3.41. The van der Waals surface area contributed by atoms with Gasteiger partial charge in [0.15, 0.2) is 0 Å². The van der Waals surface area contributed by atoms with Gasteiger partial charge in [-0.2, -0.15) is 5.10 Å². The maximum atomic E-state index is 4.17. The van der Waals surface area contributed by atoms with E-state index in [-0.39, 0.29) is 0 Å². The first-order valence-corrected chi connectivity index (χ1v) is 9.39. The molecule has 0 amide bonds. The zero-order valence-corrected chi connectivity index (χ0v) is 15.7. The van der Waals surface area contributed by atoms with Crippen molar-refractivity contribution < 1.29 is 0 Å². The monoisotopic (exact) mass is 365 g/mol. The zero-order valence-electron chi connectivity index (χ0n) is 15.7. The van der Waals surface area contributed by atoms with Crippen LogP contribution in [0.4, 0.5) is 0 Å². The van der Waals surface area contributed by atoms with Crippen LogP contribution in [-0.2, 0) is 7.05 Å². The standard InChI is InChI=1S/C23H19N5/c1-24-28-19-6-4-3-5-16(19)17-9-7-15(12-21(17)28)14-8-10-18-20(11-14)27(2)22-13-25-26-23(18)22/h3-13,24H,1-2H3,(H,25,26). The van der Waals surface area contributed by atoms with Crippen molar-refractivity contribution >= 4 is 43.7 Å². The van der Waals surface area contributed by atoms with Crippen molar-refractivity contribution in [2.24, 2.45) is 7.05 Å². The highest BCUT2D eigenvalue weighted by atomic mass is 15.4. The third kappa shape index (κ3) is 1.88. The van der Waals surface area contributed by atoms with Crippen molar-refractivity contribution in [1.82, 2.24) is 19.4 Å². The largest absolute Gasteiger partial charge is 0.341 e. The molecule has 0 atom stereocenters. The number of aromatic amines is 1. The number of aromatic nitrogens is 4. The first-order valence-electron chi connectivity index (χ1n) is 9.39. The van der Waals surface area contributed by atoms with Gasteiger partial charge in [-0.05, 0) is 29.3 Å². The minimum Gasteiger partial charge on any atom is -0.341 e. The maximum Gasteiger partial charge on any atom is 0.0908 e. The smallest absolute Gasteiger partial charge is 0.0908 e. The second-order valence-electron chi connectivity index (χ2n) is 7.23. The van der Waals surface area contributed by atoms with E-state index in [2.05, 4.69) is 92.6 Å².